The van der Waals surface area contributed by atoms with Crippen molar-refractivity contribution < 1.29 is 19.2 Å². The first-order valence-corrected chi connectivity index (χ1v) is 9.60. The second-order valence-corrected chi connectivity index (χ2v) is 7.19. The molecule has 7 heteroatoms. The van der Waals surface area contributed by atoms with Crippen molar-refractivity contribution in [1.82, 2.24) is 0 Å². The summed E-state index contributed by atoms with van der Waals surface area (Å²) in [6, 6.07) is 10.5. The Labute approximate surface area is 168 Å². The monoisotopic (exact) mass is 394 g/mol. The summed E-state index contributed by atoms with van der Waals surface area (Å²) in [5.74, 6) is 0.247. The largest absolute Gasteiger partial charge is 0.490 e. The Hall–Kier alpha value is -3.35. The molecule has 2 aromatic carbocycles. The lowest BCUT2D eigenvalue weighted by molar-refractivity contribution is -0.385. The van der Waals surface area contributed by atoms with Crippen LogP contribution in [-0.2, 0) is 4.74 Å². The molecule has 0 fully saturated rings. The molecule has 1 N–H and O–H groups in total. The van der Waals surface area contributed by atoms with Gasteiger partial charge in [-0.2, -0.15) is 0 Å². The van der Waals surface area contributed by atoms with E-state index in [4.69, 9.17) is 9.47 Å². The number of hydrogen-bond acceptors (Lipinski definition) is 6. The van der Waals surface area contributed by atoms with Crippen LogP contribution in [-0.4, -0.2) is 24.6 Å². The van der Waals surface area contributed by atoms with E-state index in [9.17, 15) is 14.9 Å². The number of nitrogens with one attached hydrogen (secondary N) is 1. The van der Waals surface area contributed by atoms with Crippen LogP contribution >= 0.6 is 0 Å². The number of rotatable bonds is 5. The maximum atomic E-state index is 12.1. The lowest BCUT2D eigenvalue weighted by atomic mass is 9.76. The Balaban J connectivity index is 1.72. The second-order valence-electron chi connectivity index (χ2n) is 7.19. The Morgan fingerprint density at radius 2 is 2.10 bits per heavy atom. The molecule has 29 heavy (non-hydrogen) atoms. The van der Waals surface area contributed by atoms with Crippen molar-refractivity contribution in [2.24, 2.45) is 5.92 Å². The molecule has 0 spiro atoms. The molecule has 150 valence electrons. The van der Waals surface area contributed by atoms with Gasteiger partial charge in [-0.05, 0) is 54.7 Å². The van der Waals surface area contributed by atoms with Crippen LogP contribution in [0.1, 0.15) is 46.8 Å². The Morgan fingerprint density at radius 1 is 1.28 bits per heavy atom. The minimum atomic E-state index is -0.422. The smallest absolute Gasteiger partial charge is 0.338 e. The number of benzene rings is 2. The number of nitrogens with zero attached hydrogens (tertiary/aromatic N) is 1. The predicted octanol–water partition coefficient (Wildman–Crippen LogP) is 4.61. The van der Waals surface area contributed by atoms with Crippen LogP contribution in [0.25, 0.3) is 0 Å². The Morgan fingerprint density at radius 3 is 2.83 bits per heavy atom. The number of hydrogen-bond donors (Lipinski definition) is 1. The van der Waals surface area contributed by atoms with E-state index in [1.807, 2.05) is 18.2 Å². The number of allylic oxidation sites excluding steroid dienone is 2. The first-order valence-electron chi connectivity index (χ1n) is 9.60. The van der Waals surface area contributed by atoms with Gasteiger partial charge >= 0.3 is 11.7 Å². The highest BCUT2D eigenvalue weighted by atomic mass is 16.6. The lowest BCUT2D eigenvalue weighted by Crippen LogP contribution is -2.29. The number of carbonyl (C=O) groups is 1. The maximum Gasteiger partial charge on any atom is 0.338 e. The topological polar surface area (TPSA) is 90.7 Å². The van der Waals surface area contributed by atoms with Crippen molar-refractivity contribution >= 4 is 17.3 Å². The highest BCUT2D eigenvalue weighted by Crippen LogP contribution is 2.50. The molecule has 0 amide bonds. The van der Waals surface area contributed by atoms with E-state index in [1.165, 1.54) is 7.11 Å². The molecule has 1 aliphatic heterocycles. The third-order valence-corrected chi connectivity index (χ3v) is 5.63. The molecule has 0 aromatic heterocycles. The SMILES string of the molecule is CCOC(=O)c1ccc2c(c1)[C@@H]1C=CC[C@@H]1[C@@H](c1ccc(OC)c([N+](=O)[O-])c1)N2. The second kappa shape index (κ2) is 7.58. The molecule has 1 aliphatic carbocycles. The van der Waals surface area contributed by atoms with Gasteiger partial charge in [0, 0.05) is 17.7 Å². The summed E-state index contributed by atoms with van der Waals surface area (Å²) >= 11 is 0. The van der Waals surface area contributed by atoms with Gasteiger partial charge in [0.15, 0.2) is 5.75 Å². The van der Waals surface area contributed by atoms with E-state index in [2.05, 4.69) is 17.5 Å². The fourth-order valence-electron chi connectivity index (χ4n) is 4.31. The fraction of sp³-hybridized carbons (Fsp3) is 0.318. The Bertz CT molecular complexity index is 1000. The van der Waals surface area contributed by atoms with E-state index in [0.29, 0.717) is 12.2 Å². The zero-order valence-electron chi connectivity index (χ0n) is 16.3. The average Bonchev–Trinajstić information content (AvgIpc) is 3.22. The van der Waals surface area contributed by atoms with Gasteiger partial charge in [-0.25, -0.2) is 4.79 Å². The van der Waals surface area contributed by atoms with Crippen molar-refractivity contribution in [2.45, 2.75) is 25.3 Å². The summed E-state index contributed by atoms with van der Waals surface area (Å²) in [6.07, 6.45) is 5.14. The standard InChI is InChI=1S/C22H22N2O5/c1-3-29-22(25)14-7-9-18-17(11-14)15-5-4-6-16(15)21(23-18)13-8-10-20(28-2)19(12-13)24(26)27/h4-5,7-12,15-16,21,23H,3,6H2,1-2H3/t15-,16+,21-/m1/s1. The van der Waals surface area contributed by atoms with Crippen molar-refractivity contribution in [3.63, 3.8) is 0 Å². The Kier molecular flexibility index (Phi) is 4.96. The highest BCUT2D eigenvalue weighted by Gasteiger charge is 2.39. The van der Waals surface area contributed by atoms with E-state index >= 15 is 0 Å². The predicted molar refractivity (Wildman–Crippen MR) is 108 cm³/mol. The summed E-state index contributed by atoms with van der Waals surface area (Å²) in [7, 11) is 1.43. The molecule has 0 saturated carbocycles. The first-order chi connectivity index (χ1) is 14.0. The number of carbonyl (C=O) groups excluding carboxylic acids is 1. The molecular weight excluding hydrogens is 372 g/mol. The zero-order chi connectivity index (χ0) is 20.5. The van der Waals surface area contributed by atoms with Gasteiger partial charge < -0.3 is 14.8 Å². The van der Waals surface area contributed by atoms with Gasteiger partial charge in [-0.15, -0.1) is 0 Å². The van der Waals surface area contributed by atoms with E-state index in [-0.39, 0.29) is 35.3 Å². The summed E-state index contributed by atoms with van der Waals surface area (Å²) in [4.78, 5) is 23.2. The molecule has 0 saturated heterocycles. The first kappa shape index (κ1) is 19.0. The fourth-order valence-corrected chi connectivity index (χ4v) is 4.31. The molecule has 7 nitrogen and oxygen atoms in total. The van der Waals surface area contributed by atoms with E-state index < -0.39 is 4.92 Å². The van der Waals surface area contributed by atoms with Gasteiger partial charge in [-0.1, -0.05) is 18.2 Å². The normalized spacial score (nSPS) is 21.7. The summed E-state index contributed by atoms with van der Waals surface area (Å²) in [5, 5.41) is 15.0. The van der Waals surface area contributed by atoms with Crippen LogP contribution in [0.2, 0.25) is 0 Å². The molecule has 0 unspecified atom stereocenters. The number of methoxy groups -OCH3 is 1. The summed E-state index contributed by atoms with van der Waals surface area (Å²) in [5.41, 5.74) is 3.31. The van der Waals surface area contributed by atoms with Gasteiger partial charge in [-0.3, -0.25) is 10.1 Å². The molecule has 3 atom stereocenters. The van der Waals surface area contributed by atoms with Crippen LogP contribution in [0.5, 0.6) is 5.75 Å². The molecule has 2 aromatic rings. The number of anilines is 1. The van der Waals surface area contributed by atoms with Gasteiger partial charge in [0.25, 0.3) is 0 Å². The number of nitro benzene ring substituents is 1. The van der Waals surface area contributed by atoms with Crippen LogP contribution < -0.4 is 10.1 Å². The van der Waals surface area contributed by atoms with Gasteiger partial charge in [0.05, 0.1) is 30.2 Å². The summed E-state index contributed by atoms with van der Waals surface area (Å²) in [6.45, 7) is 2.12. The van der Waals surface area contributed by atoms with Crippen LogP contribution in [0.15, 0.2) is 48.6 Å². The van der Waals surface area contributed by atoms with Crippen LogP contribution in [0.4, 0.5) is 11.4 Å². The zero-order valence-corrected chi connectivity index (χ0v) is 16.3. The average molecular weight is 394 g/mol. The third-order valence-electron chi connectivity index (χ3n) is 5.63. The van der Waals surface area contributed by atoms with Crippen LogP contribution in [0, 0.1) is 16.0 Å². The number of esters is 1. The van der Waals surface area contributed by atoms with Crippen molar-refractivity contribution in [3.8, 4) is 5.75 Å². The number of fused-ring (bicyclic) bond motifs is 3. The molecule has 0 bridgehead atoms. The van der Waals surface area contributed by atoms with Crippen molar-refractivity contribution in [2.75, 3.05) is 19.0 Å². The lowest BCUT2D eigenvalue weighted by Gasteiger charge is -2.37. The number of ether oxygens (including phenoxy) is 2. The molecule has 1 heterocycles. The van der Waals surface area contributed by atoms with Crippen molar-refractivity contribution in [1.29, 1.82) is 0 Å². The molecule has 2 aliphatic rings. The van der Waals surface area contributed by atoms with Crippen LogP contribution in [0.3, 0.4) is 0 Å². The molecular formula is C22H22N2O5. The van der Waals surface area contributed by atoms with E-state index in [0.717, 1.165) is 23.2 Å². The minimum absolute atomic E-state index is 0.0437. The van der Waals surface area contributed by atoms with Gasteiger partial charge in [0.2, 0.25) is 0 Å². The molecule has 0 radical (unpaired) electrons. The summed E-state index contributed by atoms with van der Waals surface area (Å²) < 4.78 is 10.3. The highest BCUT2D eigenvalue weighted by molar-refractivity contribution is 5.90. The maximum absolute atomic E-state index is 12.1. The van der Waals surface area contributed by atoms with E-state index in [1.54, 1.807) is 25.1 Å². The minimum Gasteiger partial charge on any atom is -0.490 e. The molecule has 4 rings (SSSR count). The third kappa shape index (κ3) is 3.33. The quantitative estimate of drug-likeness (QED) is 0.345. The van der Waals surface area contributed by atoms with Gasteiger partial charge in [0.1, 0.15) is 0 Å². The number of nitro groups is 1. The van der Waals surface area contributed by atoms with Crippen molar-refractivity contribution in [3.05, 3.63) is 75.4 Å².